The molecule has 0 spiro atoms. The van der Waals surface area contributed by atoms with Crippen LogP contribution in [-0.4, -0.2) is 12.6 Å². The van der Waals surface area contributed by atoms with Crippen molar-refractivity contribution in [2.75, 3.05) is 6.61 Å². The number of carbonyl (C=O) groups excluding carboxylic acids is 1. The summed E-state index contributed by atoms with van der Waals surface area (Å²) >= 11 is 0. The van der Waals surface area contributed by atoms with Crippen molar-refractivity contribution in [2.24, 2.45) is 0 Å². The molecule has 0 fully saturated rings. The number of esters is 1. The highest BCUT2D eigenvalue weighted by Crippen LogP contribution is 2.20. The highest BCUT2D eigenvalue weighted by molar-refractivity contribution is 5.91. The quantitative estimate of drug-likeness (QED) is 0.550. The van der Waals surface area contributed by atoms with Crippen LogP contribution in [0.4, 0.5) is 0 Å². The maximum Gasteiger partial charge on any atom is 0.331 e. The van der Waals surface area contributed by atoms with Crippen molar-refractivity contribution < 1.29 is 9.53 Å². The molecular weight excluding hydrogens is 212 g/mol. The molecule has 1 aromatic carbocycles. The number of hydrogen-bond acceptors (Lipinski definition) is 2. The van der Waals surface area contributed by atoms with E-state index in [0.29, 0.717) is 6.61 Å². The summed E-state index contributed by atoms with van der Waals surface area (Å²) in [4.78, 5) is 11.5. The zero-order chi connectivity index (χ0) is 12.5. The van der Waals surface area contributed by atoms with E-state index in [-0.39, 0.29) is 5.97 Å². The third-order valence-corrected chi connectivity index (χ3v) is 2.52. The van der Waals surface area contributed by atoms with Crippen molar-refractivity contribution >= 4 is 11.5 Å². The molecule has 1 rings (SSSR count). The molecule has 0 amide bonds. The van der Waals surface area contributed by atoms with E-state index < -0.39 is 0 Å². The molecule has 0 saturated carbocycles. The van der Waals surface area contributed by atoms with Gasteiger partial charge in [-0.3, -0.25) is 0 Å². The van der Waals surface area contributed by atoms with Gasteiger partial charge in [-0.05, 0) is 30.9 Å². The van der Waals surface area contributed by atoms with Crippen LogP contribution in [0.5, 0.6) is 0 Å². The first kappa shape index (κ1) is 13.5. The number of rotatable bonds is 6. The van der Waals surface area contributed by atoms with E-state index in [1.807, 2.05) is 37.3 Å². The number of hydrogen-bond donors (Lipinski definition) is 0. The van der Waals surface area contributed by atoms with Crippen molar-refractivity contribution in [1.29, 1.82) is 0 Å². The van der Waals surface area contributed by atoms with Gasteiger partial charge in [0.25, 0.3) is 0 Å². The van der Waals surface area contributed by atoms with Gasteiger partial charge in [0.1, 0.15) is 0 Å². The maximum absolute atomic E-state index is 11.5. The lowest BCUT2D eigenvalue weighted by Gasteiger charge is -2.07. The van der Waals surface area contributed by atoms with Crippen molar-refractivity contribution in [3.8, 4) is 0 Å². The predicted molar refractivity (Wildman–Crippen MR) is 70.6 cm³/mol. The van der Waals surface area contributed by atoms with E-state index in [4.69, 9.17) is 4.74 Å². The monoisotopic (exact) mass is 232 g/mol. The smallest absolute Gasteiger partial charge is 0.331 e. The van der Waals surface area contributed by atoms with Crippen molar-refractivity contribution in [1.82, 2.24) is 0 Å². The van der Waals surface area contributed by atoms with Gasteiger partial charge in [-0.25, -0.2) is 4.79 Å². The van der Waals surface area contributed by atoms with Gasteiger partial charge in [0.15, 0.2) is 0 Å². The second-order valence-electron chi connectivity index (χ2n) is 3.89. The Balaban J connectivity index is 2.84. The zero-order valence-corrected chi connectivity index (χ0v) is 10.6. The SMILES string of the molecule is CCCCC(=CC(=O)OCC)c1ccccc1. The Morgan fingerprint density at radius 3 is 2.53 bits per heavy atom. The molecule has 0 N–H and O–H groups in total. The average molecular weight is 232 g/mol. The molecule has 2 nitrogen and oxygen atoms in total. The second kappa shape index (κ2) is 7.66. The Hall–Kier alpha value is -1.57. The first-order chi connectivity index (χ1) is 8.27. The molecule has 92 valence electrons. The third-order valence-electron chi connectivity index (χ3n) is 2.52. The lowest BCUT2D eigenvalue weighted by Crippen LogP contribution is -2.01. The summed E-state index contributed by atoms with van der Waals surface area (Å²) in [6.07, 6.45) is 4.74. The number of benzene rings is 1. The van der Waals surface area contributed by atoms with Gasteiger partial charge in [-0.15, -0.1) is 0 Å². The highest BCUT2D eigenvalue weighted by Gasteiger charge is 2.04. The number of ether oxygens (including phenoxy) is 1. The highest BCUT2D eigenvalue weighted by atomic mass is 16.5. The summed E-state index contributed by atoms with van der Waals surface area (Å²) in [5.41, 5.74) is 2.17. The van der Waals surface area contributed by atoms with Gasteiger partial charge < -0.3 is 4.74 Å². The van der Waals surface area contributed by atoms with Crippen LogP contribution < -0.4 is 0 Å². The number of allylic oxidation sites excluding steroid dienone is 1. The molecule has 0 saturated heterocycles. The molecule has 0 atom stereocenters. The molecule has 1 aromatic rings. The molecule has 0 aliphatic heterocycles. The standard InChI is InChI=1S/C15H20O2/c1-3-5-9-14(12-15(16)17-4-2)13-10-7-6-8-11-13/h6-8,10-12H,3-5,9H2,1-2H3. The summed E-state index contributed by atoms with van der Waals surface area (Å²) in [7, 11) is 0. The van der Waals surface area contributed by atoms with Gasteiger partial charge in [0.05, 0.1) is 6.61 Å². The lowest BCUT2D eigenvalue weighted by molar-refractivity contribution is -0.137. The molecule has 0 radical (unpaired) electrons. The topological polar surface area (TPSA) is 26.3 Å². The molecule has 0 bridgehead atoms. The van der Waals surface area contributed by atoms with Crippen LogP contribution in [0.15, 0.2) is 36.4 Å². The van der Waals surface area contributed by atoms with Crippen LogP contribution in [-0.2, 0) is 9.53 Å². The fourth-order valence-corrected chi connectivity index (χ4v) is 1.65. The average Bonchev–Trinajstić information content (AvgIpc) is 2.36. The van der Waals surface area contributed by atoms with Crippen LogP contribution in [0.1, 0.15) is 38.7 Å². The van der Waals surface area contributed by atoms with E-state index in [1.165, 1.54) is 0 Å². The minimum Gasteiger partial charge on any atom is -0.463 e. The van der Waals surface area contributed by atoms with Crippen molar-refractivity contribution in [2.45, 2.75) is 33.1 Å². The number of unbranched alkanes of at least 4 members (excludes halogenated alkanes) is 1. The summed E-state index contributed by atoms with van der Waals surface area (Å²) in [6, 6.07) is 10.0. The molecule has 2 heteroatoms. The Kier molecular flexibility index (Phi) is 6.08. The zero-order valence-electron chi connectivity index (χ0n) is 10.6. The first-order valence-corrected chi connectivity index (χ1v) is 6.20. The van der Waals surface area contributed by atoms with E-state index in [2.05, 4.69) is 6.92 Å². The molecule has 0 aliphatic carbocycles. The van der Waals surface area contributed by atoms with Gasteiger partial charge in [-0.1, -0.05) is 43.7 Å². The van der Waals surface area contributed by atoms with E-state index in [1.54, 1.807) is 6.08 Å². The summed E-state index contributed by atoms with van der Waals surface area (Å²) in [5, 5.41) is 0. The van der Waals surface area contributed by atoms with Gasteiger partial charge in [0.2, 0.25) is 0 Å². The third kappa shape index (κ3) is 4.85. The molecule has 0 aliphatic rings. The summed E-state index contributed by atoms with van der Waals surface area (Å²) < 4.78 is 4.96. The van der Waals surface area contributed by atoms with Gasteiger partial charge in [0, 0.05) is 6.08 Å². The molecule has 0 heterocycles. The molecule has 17 heavy (non-hydrogen) atoms. The predicted octanol–water partition coefficient (Wildman–Crippen LogP) is 3.82. The van der Waals surface area contributed by atoms with E-state index in [0.717, 1.165) is 30.4 Å². The molecule has 0 unspecified atom stereocenters. The minimum absolute atomic E-state index is 0.248. The minimum atomic E-state index is -0.248. The molecular formula is C15H20O2. The Morgan fingerprint density at radius 1 is 1.24 bits per heavy atom. The number of carbonyl (C=O) groups is 1. The van der Waals surface area contributed by atoms with Crippen LogP contribution in [0.2, 0.25) is 0 Å². The fraction of sp³-hybridized carbons (Fsp3) is 0.400. The first-order valence-electron chi connectivity index (χ1n) is 6.20. The van der Waals surface area contributed by atoms with Crippen LogP contribution in [0.25, 0.3) is 5.57 Å². The Bertz CT molecular complexity index is 366. The van der Waals surface area contributed by atoms with Crippen LogP contribution in [0.3, 0.4) is 0 Å². The fourth-order valence-electron chi connectivity index (χ4n) is 1.65. The van der Waals surface area contributed by atoms with Crippen molar-refractivity contribution in [3.05, 3.63) is 42.0 Å². The van der Waals surface area contributed by atoms with E-state index >= 15 is 0 Å². The normalized spacial score (nSPS) is 11.3. The summed E-state index contributed by atoms with van der Waals surface area (Å²) in [5.74, 6) is -0.248. The van der Waals surface area contributed by atoms with Crippen molar-refractivity contribution in [3.63, 3.8) is 0 Å². The van der Waals surface area contributed by atoms with Gasteiger partial charge in [-0.2, -0.15) is 0 Å². The largest absolute Gasteiger partial charge is 0.463 e. The summed E-state index contributed by atoms with van der Waals surface area (Å²) in [6.45, 7) is 4.39. The Morgan fingerprint density at radius 2 is 1.94 bits per heavy atom. The van der Waals surface area contributed by atoms with Gasteiger partial charge >= 0.3 is 5.97 Å². The van der Waals surface area contributed by atoms with Crippen LogP contribution >= 0.6 is 0 Å². The maximum atomic E-state index is 11.5. The van der Waals surface area contributed by atoms with E-state index in [9.17, 15) is 4.79 Å². The second-order valence-corrected chi connectivity index (χ2v) is 3.89. The van der Waals surface area contributed by atoms with Crippen LogP contribution in [0, 0.1) is 0 Å². The lowest BCUT2D eigenvalue weighted by atomic mass is 10.00. The molecule has 0 aromatic heterocycles. The Labute approximate surface area is 103 Å².